The molecular formula is C11H8O3. The van der Waals surface area contributed by atoms with Crippen molar-refractivity contribution in [3.63, 3.8) is 0 Å². The molecule has 0 bridgehead atoms. The van der Waals surface area contributed by atoms with Crippen LogP contribution in [0.1, 0.15) is 5.76 Å². The van der Waals surface area contributed by atoms with Crippen LogP contribution in [0.5, 0.6) is 0 Å². The first-order valence-electron chi connectivity index (χ1n) is 4.09. The summed E-state index contributed by atoms with van der Waals surface area (Å²) in [6.07, 6.45) is 1.53. The van der Waals surface area contributed by atoms with Gasteiger partial charge in [-0.3, -0.25) is 0 Å². The van der Waals surface area contributed by atoms with Gasteiger partial charge < -0.3 is 9.52 Å². The Hall–Kier alpha value is -2.03. The number of hydrogen-bond acceptors (Lipinski definition) is 2. The monoisotopic (exact) mass is 188 g/mol. The van der Waals surface area contributed by atoms with Crippen molar-refractivity contribution in [3.8, 4) is 0 Å². The van der Waals surface area contributed by atoms with Crippen LogP contribution in [0, 0.1) is 0 Å². The van der Waals surface area contributed by atoms with Crippen molar-refractivity contribution in [2.24, 2.45) is 0 Å². The number of carboxylic acid groups (broad SMARTS) is 1. The number of rotatable bonds is 2. The maximum Gasteiger partial charge on any atom is 0.338 e. The van der Waals surface area contributed by atoms with E-state index in [0.717, 1.165) is 10.8 Å². The molecule has 0 saturated carbocycles. The smallest absolute Gasteiger partial charge is 0.338 e. The van der Waals surface area contributed by atoms with E-state index in [-0.39, 0.29) is 5.57 Å². The Morgan fingerprint density at radius 1 is 1.36 bits per heavy atom. The fraction of sp³-hybridized carbons (Fsp3) is 0. The molecule has 0 saturated heterocycles. The van der Waals surface area contributed by atoms with Gasteiger partial charge >= 0.3 is 5.97 Å². The van der Waals surface area contributed by atoms with E-state index in [1.165, 1.54) is 6.26 Å². The van der Waals surface area contributed by atoms with Gasteiger partial charge in [-0.15, -0.1) is 0 Å². The van der Waals surface area contributed by atoms with Crippen molar-refractivity contribution in [2.45, 2.75) is 0 Å². The van der Waals surface area contributed by atoms with Crippen molar-refractivity contribution in [1.29, 1.82) is 0 Å². The van der Waals surface area contributed by atoms with Gasteiger partial charge in [0.15, 0.2) is 0 Å². The summed E-state index contributed by atoms with van der Waals surface area (Å²) in [6.45, 7) is 3.45. The van der Waals surface area contributed by atoms with Crippen LogP contribution in [-0.4, -0.2) is 11.1 Å². The van der Waals surface area contributed by atoms with E-state index in [1.54, 1.807) is 0 Å². The van der Waals surface area contributed by atoms with Crippen LogP contribution in [0.25, 0.3) is 16.3 Å². The number of fused-ring (bicyclic) bond motifs is 1. The second-order valence-electron chi connectivity index (χ2n) is 2.94. The third-order valence-electron chi connectivity index (χ3n) is 2.04. The van der Waals surface area contributed by atoms with Crippen molar-refractivity contribution >= 4 is 22.3 Å². The lowest BCUT2D eigenvalue weighted by atomic mass is 10.1. The fourth-order valence-corrected chi connectivity index (χ4v) is 1.32. The Morgan fingerprint density at radius 3 is 2.79 bits per heavy atom. The van der Waals surface area contributed by atoms with Crippen LogP contribution in [0.15, 0.2) is 41.5 Å². The molecule has 0 spiro atoms. The Labute approximate surface area is 80.3 Å². The Morgan fingerprint density at radius 2 is 2.07 bits per heavy atom. The number of carbonyl (C=O) groups is 1. The molecule has 3 nitrogen and oxygen atoms in total. The van der Waals surface area contributed by atoms with Gasteiger partial charge in [0.05, 0.1) is 11.8 Å². The molecule has 14 heavy (non-hydrogen) atoms. The molecule has 0 radical (unpaired) electrons. The Balaban J connectivity index is 2.64. The molecule has 0 aliphatic heterocycles. The summed E-state index contributed by atoms with van der Waals surface area (Å²) in [6, 6.07) is 7.36. The van der Waals surface area contributed by atoms with Crippen LogP contribution in [0.4, 0.5) is 0 Å². The van der Waals surface area contributed by atoms with Gasteiger partial charge in [0, 0.05) is 10.8 Å². The lowest BCUT2D eigenvalue weighted by Crippen LogP contribution is -1.96. The zero-order valence-corrected chi connectivity index (χ0v) is 7.36. The summed E-state index contributed by atoms with van der Waals surface area (Å²) < 4.78 is 5.16. The highest BCUT2D eigenvalue weighted by Gasteiger charge is 2.14. The van der Waals surface area contributed by atoms with Crippen molar-refractivity contribution in [3.05, 3.63) is 42.9 Å². The van der Waals surface area contributed by atoms with Gasteiger partial charge in [-0.2, -0.15) is 0 Å². The minimum atomic E-state index is -1.06. The van der Waals surface area contributed by atoms with Gasteiger partial charge in [-0.1, -0.05) is 30.8 Å². The first-order valence-corrected chi connectivity index (χ1v) is 4.09. The zero-order valence-electron chi connectivity index (χ0n) is 7.36. The minimum absolute atomic E-state index is 0.0220. The SMILES string of the molecule is C=C(C(=O)O)c1occ2ccccc12. The highest BCUT2D eigenvalue weighted by molar-refractivity contribution is 6.17. The third-order valence-corrected chi connectivity index (χ3v) is 2.04. The molecule has 3 heteroatoms. The third kappa shape index (κ3) is 1.19. The standard InChI is InChI=1S/C11H8O3/c1-7(11(12)13)10-9-5-3-2-4-8(9)6-14-10/h2-6H,1H2,(H,12,13). The Kier molecular flexibility index (Phi) is 1.85. The molecule has 2 rings (SSSR count). The molecule has 0 fully saturated rings. The second-order valence-corrected chi connectivity index (χ2v) is 2.94. The second kappa shape index (κ2) is 3.03. The molecule has 1 aromatic carbocycles. The number of hydrogen-bond donors (Lipinski definition) is 1. The summed E-state index contributed by atoms with van der Waals surface area (Å²) >= 11 is 0. The largest absolute Gasteiger partial charge is 0.478 e. The molecular weight excluding hydrogens is 180 g/mol. The lowest BCUT2D eigenvalue weighted by molar-refractivity contribution is -0.130. The first kappa shape index (κ1) is 8.56. The zero-order chi connectivity index (χ0) is 10.1. The molecule has 1 N–H and O–H groups in total. The average molecular weight is 188 g/mol. The predicted octanol–water partition coefficient (Wildman–Crippen LogP) is 2.53. The lowest BCUT2D eigenvalue weighted by Gasteiger charge is -1.95. The number of furan rings is 1. The van der Waals surface area contributed by atoms with Gasteiger partial charge in [0.1, 0.15) is 5.76 Å². The van der Waals surface area contributed by atoms with E-state index < -0.39 is 5.97 Å². The summed E-state index contributed by atoms with van der Waals surface area (Å²) in [5.41, 5.74) is -0.0220. The summed E-state index contributed by atoms with van der Waals surface area (Å²) in [4.78, 5) is 10.7. The molecule has 2 aromatic rings. The molecule has 70 valence electrons. The maximum absolute atomic E-state index is 10.7. The highest BCUT2D eigenvalue weighted by Crippen LogP contribution is 2.25. The van der Waals surface area contributed by atoms with E-state index in [0.29, 0.717) is 5.76 Å². The summed E-state index contributed by atoms with van der Waals surface area (Å²) in [5, 5.41) is 10.4. The van der Waals surface area contributed by atoms with Gasteiger partial charge in [-0.25, -0.2) is 4.79 Å². The molecule has 0 unspecified atom stereocenters. The Bertz CT molecular complexity index is 508. The predicted molar refractivity (Wildman–Crippen MR) is 52.9 cm³/mol. The van der Waals surface area contributed by atoms with E-state index in [4.69, 9.17) is 9.52 Å². The number of carboxylic acids is 1. The van der Waals surface area contributed by atoms with E-state index >= 15 is 0 Å². The maximum atomic E-state index is 10.7. The fourth-order valence-electron chi connectivity index (χ4n) is 1.32. The molecule has 0 amide bonds. The van der Waals surface area contributed by atoms with Crippen LogP contribution >= 0.6 is 0 Å². The molecule has 1 heterocycles. The first-order chi connectivity index (χ1) is 6.70. The van der Waals surface area contributed by atoms with Crippen molar-refractivity contribution < 1.29 is 14.3 Å². The molecule has 0 aliphatic carbocycles. The molecule has 0 aliphatic rings. The van der Waals surface area contributed by atoms with Crippen molar-refractivity contribution in [1.82, 2.24) is 0 Å². The molecule has 1 aromatic heterocycles. The van der Waals surface area contributed by atoms with Crippen LogP contribution in [-0.2, 0) is 4.79 Å². The van der Waals surface area contributed by atoms with Gasteiger partial charge in [0.2, 0.25) is 0 Å². The van der Waals surface area contributed by atoms with Crippen molar-refractivity contribution in [2.75, 3.05) is 0 Å². The van der Waals surface area contributed by atoms with Crippen LogP contribution in [0.3, 0.4) is 0 Å². The van der Waals surface area contributed by atoms with Crippen LogP contribution < -0.4 is 0 Å². The number of aliphatic carboxylic acids is 1. The average Bonchev–Trinajstić information content (AvgIpc) is 2.60. The van der Waals surface area contributed by atoms with E-state index in [9.17, 15) is 4.79 Å². The normalized spacial score (nSPS) is 10.3. The quantitative estimate of drug-likeness (QED) is 0.736. The van der Waals surface area contributed by atoms with E-state index in [1.807, 2.05) is 24.3 Å². The number of benzene rings is 1. The molecule has 0 atom stereocenters. The van der Waals surface area contributed by atoms with Crippen LogP contribution in [0.2, 0.25) is 0 Å². The van der Waals surface area contributed by atoms with Gasteiger partial charge in [0.25, 0.3) is 0 Å². The topological polar surface area (TPSA) is 50.4 Å². The summed E-state index contributed by atoms with van der Waals surface area (Å²) in [5.74, 6) is -0.738. The minimum Gasteiger partial charge on any atom is -0.478 e. The van der Waals surface area contributed by atoms with Gasteiger partial charge in [-0.05, 0) is 0 Å². The highest BCUT2D eigenvalue weighted by atomic mass is 16.4. The van der Waals surface area contributed by atoms with E-state index in [2.05, 4.69) is 6.58 Å². The summed E-state index contributed by atoms with van der Waals surface area (Å²) in [7, 11) is 0.